The van der Waals surface area contributed by atoms with Gasteiger partial charge in [0.2, 0.25) is 0 Å². The lowest BCUT2D eigenvalue weighted by atomic mass is 9.92. The van der Waals surface area contributed by atoms with Gasteiger partial charge in [0.05, 0.1) is 0 Å². The predicted octanol–water partition coefficient (Wildman–Crippen LogP) is 4.44. The highest BCUT2D eigenvalue weighted by atomic mass is 79.9. The first kappa shape index (κ1) is 11.0. The quantitative estimate of drug-likeness (QED) is 0.758. The molecule has 86 valence electrons. The largest absolute Gasteiger partial charge is 0.299 e. The van der Waals surface area contributed by atoms with E-state index in [1.165, 1.54) is 16.3 Å². The van der Waals surface area contributed by atoms with Crippen LogP contribution in [0.1, 0.15) is 30.7 Å². The highest BCUT2D eigenvalue weighted by Crippen LogP contribution is 2.37. The van der Waals surface area contributed by atoms with Crippen LogP contribution in [0.4, 0.5) is 0 Å². The van der Waals surface area contributed by atoms with Crippen molar-refractivity contribution in [2.45, 2.75) is 25.2 Å². The number of carbonyl (C=O) groups excluding carboxylic acids is 1. The number of hydrogen-bond acceptors (Lipinski definition) is 1. The topological polar surface area (TPSA) is 17.1 Å². The second kappa shape index (κ2) is 4.26. The number of halogens is 1. The Kier molecular flexibility index (Phi) is 2.75. The van der Waals surface area contributed by atoms with Crippen LogP contribution in [0.25, 0.3) is 10.8 Å². The van der Waals surface area contributed by atoms with Crippen molar-refractivity contribution >= 4 is 32.5 Å². The Morgan fingerprint density at radius 3 is 2.59 bits per heavy atom. The molecule has 2 aromatic rings. The van der Waals surface area contributed by atoms with E-state index in [1.54, 1.807) is 0 Å². The van der Waals surface area contributed by atoms with Gasteiger partial charge in [-0.05, 0) is 35.2 Å². The molecule has 0 saturated heterocycles. The molecule has 0 spiro atoms. The minimum absolute atomic E-state index is 0.109. The van der Waals surface area contributed by atoms with E-state index in [0.29, 0.717) is 5.78 Å². The molecular weight excluding hydrogens is 276 g/mol. The lowest BCUT2D eigenvalue weighted by molar-refractivity contribution is -0.118. The summed E-state index contributed by atoms with van der Waals surface area (Å²) in [6.45, 7) is 0. The molecule has 0 heterocycles. The molecule has 1 fully saturated rings. The van der Waals surface area contributed by atoms with Gasteiger partial charge in [-0.15, -0.1) is 0 Å². The van der Waals surface area contributed by atoms with Crippen LogP contribution < -0.4 is 0 Å². The molecule has 1 unspecified atom stereocenters. The van der Waals surface area contributed by atoms with Gasteiger partial charge in [-0.2, -0.15) is 0 Å². The third-order valence-corrected chi connectivity index (χ3v) is 4.23. The van der Waals surface area contributed by atoms with Gasteiger partial charge in [0.25, 0.3) is 0 Å². The number of rotatable bonds is 1. The Balaban J connectivity index is 2.25. The molecular formula is C15H13BrO. The molecule has 0 radical (unpaired) electrons. The summed E-state index contributed by atoms with van der Waals surface area (Å²) in [5.41, 5.74) is 1.19. The SMILES string of the molecule is O=C1CCCC1c1cccc2cccc(Br)c12. The summed E-state index contributed by atoms with van der Waals surface area (Å²) in [6, 6.07) is 12.4. The molecule has 1 atom stereocenters. The minimum Gasteiger partial charge on any atom is -0.299 e. The average Bonchev–Trinajstić information content (AvgIpc) is 2.75. The zero-order chi connectivity index (χ0) is 11.8. The number of fused-ring (bicyclic) bond motifs is 1. The van der Waals surface area contributed by atoms with Gasteiger partial charge in [-0.25, -0.2) is 0 Å². The molecule has 1 aliphatic carbocycles. The highest BCUT2D eigenvalue weighted by Gasteiger charge is 2.27. The van der Waals surface area contributed by atoms with Gasteiger partial charge in [-0.3, -0.25) is 4.79 Å². The highest BCUT2D eigenvalue weighted by molar-refractivity contribution is 9.10. The third kappa shape index (κ3) is 1.81. The molecule has 3 rings (SSSR count). The molecule has 17 heavy (non-hydrogen) atoms. The lowest BCUT2D eigenvalue weighted by Crippen LogP contribution is -2.04. The zero-order valence-corrected chi connectivity index (χ0v) is 11.0. The molecule has 0 aliphatic heterocycles. The van der Waals surface area contributed by atoms with E-state index in [0.717, 1.165) is 23.7 Å². The number of carbonyl (C=O) groups is 1. The van der Waals surface area contributed by atoms with Crippen molar-refractivity contribution in [1.82, 2.24) is 0 Å². The summed E-state index contributed by atoms with van der Waals surface area (Å²) in [5.74, 6) is 0.505. The number of ketones is 1. The van der Waals surface area contributed by atoms with E-state index in [9.17, 15) is 4.79 Å². The molecule has 1 aliphatic rings. The second-order valence-corrected chi connectivity index (χ2v) is 5.45. The van der Waals surface area contributed by atoms with Crippen LogP contribution in [0.2, 0.25) is 0 Å². The van der Waals surface area contributed by atoms with Crippen LogP contribution in [0.15, 0.2) is 40.9 Å². The van der Waals surface area contributed by atoms with Gasteiger partial charge in [-0.1, -0.05) is 46.3 Å². The number of hydrogen-bond donors (Lipinski definition) is 0. The third-order valence-electron chi connectivity index (χ3n) is 3.57. The molecule has 0 N–H and O–H groups in total. The van der Waals surface area contributed by atoms with Gasteiger partial charge in [0.15, 0.2) is 0 Å². The molecule has 1 saturated carbocycles. The minimum atomic E-state index is 0.109. The van der Waals surface area contributed by atoms with Crippen LogP contribution in [0.5, 0.6) is 0 Å². The molecule has 0 aromatic heterocycles. The van der Waals surface area contributed by atoms with Gasteiger partial charge >= 0.3 is 0 Å². The Hall–Kier alpha value is -1.15. The maximum atomic E-state index is 11.9. The first-order chi connectivity index (χ1) is 8.27. The Bertz CT molecular complexity index is 583. The van der Waals surface area contributed by atoms with E-state index < -0.39 is 0 Å². The van der Waals surface area contributed by atoms with Crippen molar-refractivity contribution in [3.63, 3.8) is 0 Å². The van der Waals surface area contributed by atoms with Crippen molar-refractivity contribution in [3.8, 4) is 0 Å². The zero-order valence-electron chi connectivity index (χ0n) is 9.45. The van der Waals surface area contributed by atoms with Crippen molar-refractivity contribution in [2.75, 3.05) is 0 Å². The van der Waals surface area contributed by atoms with Crippen LogP contribution in [0.3, 0.4) is 0 Å². The summed E-state index contributed by atoms with van der Waals surface area (Å²) in [6.07, 6.45) is 2.77. The van der Waals surface area contributed by atoms with Crippen LogP contribution in [0, 0.1) is 0 Å². The van der Waals surface area contributed by atoms with Crippen LogP contribution >= 0.6 is 15.9 Å². The standard InChI is InChI=1S/C15H13BrO/c16-13-8-2-5-10-4-1-7-12(15(10)13)11-6-3-9-14(11)17/h1-2,4-5,7-8,11H,3,6,9H2. The molecule has 0 amide bonds. The van der Waals surface area contributed by atoms with Gasteiger partial charge in [0, 0.05) is 16.8 Å². The van der Waals surface area contributed by atoms with Crippen LogP contribution in [-0.2, 0) is 4.79 Å². The monoisotopic (exact) mass is 288 g/mol. The summed E-state index contributed by atoms with van der Waals surface area (Å²) in [4.78, 5) is 11.9. The van der Waals surface area contributed by atoms with Crippen LogP contribution in [-0.4, -0.2) is 5.78 Å². The van der Waals surface area contributed by atoms with Crippen molar-refractivity contribution in [3.05, 3.63) is 46.4 Å². The summed E-state index contributed by atoms with van der Waals surface area (Å²) >= 11 is 3.60. The van der Waals surface area contributed by atoms with Gasteiger partial charge in [0.1, 0.15) is 5.78 Å². The normalized spacial score (nSPS) is 20.1. The fourth-order valence-electron chi connectivity index (χ4n) is 2.76. The second-order valence-electron chi connectivity index (χ2n) is 4.60. The predicted molar refractivity (Wildman–Crippen MR) is 73.2 cm³/mol. The smallest absolute Gasteiger partial charge is 0.140 e. The fourth-order valence-corrected chi connectivity index (χ4v) is 3.37. The molecule has 2 heteroatoms. The van der Waals surface area contributed by atoms with E-state index in [-0.39, 0.29) is 5.92 Å². The van der Waals surface area contributed by atoms with Crippen molar-refractivity contribution in [1.29, 1.82) is 0 Å². The molecule has 1 nitrogen and oxygen atoms in total. The van der Waals surface area contributed by atoms with E-state index in [2.05, 4.69) is 40.2 Å². The van der Waals surface area contributed by atoms with E-state index in [4.69, 9.17) is 0 Å². The van der Waals surface area contributed by atoms with E-state index >= 15 is 0 Å². The first-order valence-electron chi connectivity index (χ1n) is 5.97. The molecule has 0 bridgehead atoms. The van der Waals surface area contributed by atoms with Crippen molar-refractivity contribution in [2.24, 2.45) is 0 Å². The molecule has 2 aromatic carbocycles. The number of Topliss-reactive ketones (excluding diaryl/α,β-unsaturated/α-hetero) is 1. The van der Waals surface area contributed by atoms with Crippen molar-refractivity contribution < 1.29 is 4.79 Å². The van der Waals surface area contributed by atoms with Gasteiger partial charge < -0.3 is 0 Å². The maximum Gasteiger partial charge on any atom is 0.140 e. The Morgan fingerprint density at radius 1 is 1.12 bits per heavy atom. The summed E-state index contributed by atoms with van der Waals surface area (Å²) in [7, 11) is 0. The first-order valence-corrected chi connectivity index (χ1v) is 6.76. The van der Waals surface area contributed by atoms with E-state index in [1.807, 2.05) is 12.1 Å². The fraction of sp³-hybridized carbons (Fsp3) is 0.267. The lowest BCUT2D eigenvalue weighted by Gasteiger charge is -2.13. The Labute approximate surface area is 109 Å². The average molecular weight is 289 g/mol. The summed E-state index contributed by atoms with van der Waals surface area (Å²) < 4.78 is 1.09. The Morgan fingerprint density at radius 2 is 1.88 bits per heavy atom. The maximum absolute atomic E-state index is 11.9. The number of benzene rings is 2. The summed E-state index contributed by atoms with van der Waals surface area (Å²) in [5, 5.41) is 2.41.